The molecule has 13 heavy (non-hydrogen) atoms. The maximum absolute atomic E-state index is 5.33. The van der Waals surface area contributed by atoms with Gasteiger partial charge in [0.1, 0.15) is 5.76 Å². The van der Waals surface area contributed by atoms with E-state index in [1.807, 2.05) is 6.92 Å². The van der Waals surface area contributed by atoms with Crippen LogP contribution in [0.1, 0.15) is 11.7 Å². The van der Waals surface area contributed by atoms with Crippen LogP contribution in [-0.2, 0) is 6.54 Å². The standard InChI is InChI=1S/C8H9N3O2/c1-5-6(2-3-12-5)8-11-10-7(4-9)13-8/h2-3H,4,9H2,1H3. The lowest BCUT2D eigenvalue weighted by Crippen LogP contribution is -1.95. The molecule has 2 aromatic rings. The van der Waals surface area contributed by atoms with Crippen LogP contribution in [0.25, 0.3) is 11.5 Å². The minimum absolute atomic E-state index is 0.254. The summed E-state index contributed by atoms with van der Waals surface area (Å²) in [5, 5.41) is 7.58. The van der Waals surface area contributed by atoms with Crippen molar-refractivity contribution in [2.45, 2.75) is 13.5 Å². The van der Waals surface area contributed by atoms with Crippen molar-refractivity contribution in [2.75, 3.05) is 0 Å². The van der Waals surface area contributed by atoms with Gasteiger partial charge in [0.05, 0.1) is 18.4 Å². The van der Waals surface area contributed by atoms with E-state index >= 15 is 0 Å². The monoisotopic (exact) mass is 179 g/mol. The summed E-state index contributed by atoms with van der Waals surface area (Å²) < 4.78 is 10.4. The lowest BCUT2D eigenvalue weighted by Gasteiger charge is -1.88. The van der Waals surface area contributed by atoms with Gasteiger partial charge in [0.25, 0.3) is 5.89 Å². The highest BCUT2D eigenvalue weighted by Gasteiger charge is 2.11. The Kier molecular flexibility index (Phi) is 1.86. The fourth-order valence-electron chi connectivity index (χ4n) is 1.05. The maximum Gasteiger partial charge on any atom is 0.251 e. The zero-order valence-electron chi connectivity index (χ0n) is 7.15. The number of aromatic nitrogens is 2. The van der Waals surface area contributed by atoms with Crippen molar-refractivity contribution in [1.82, 2.24) is 10.2 Å². The van der Waals surface area contributed by atoms with Gasteiger partial charge in [-0.2, -0.15) is 0 Å². The first-order chi connectivity index (χ1) is 6.31. The van der Waals surface area contributed by atoms with Crippen molar-refractivity contribution in [3.8, 4) is 11.5 Å². The molecule has 0 saturated heterocycles. The minimum atomic E-state index is 0.254. The van der Waals surface area contributed by atoms with E-state index < -0.39 is 0 Å². The molecule has 5 heteroatoms. The molecular weight excluding hydrogens is 170 g/mol. The van der Waals surface area contributed by atoms with Gasteiger partial charge in [-0.3, -0.25) is 0 Å². The summed E-state index contributed by atoms with van der Waals surface area (Å²) in [7, 11) is 0. The van der Waals surface area contributed by atoms with Crippen LogP contribution in [0.3, 0.4) is 0 Å². The predicted molar refractivity (Wildman–Crippen MR) is 44.6 cm³/mol. The van der Waals surface area contributed by atoms with Crippen molar-refractivity contribution in [3.05, 3.63) is 24.0 Å². The topological polar surface area (TPSA) is 78.1 Å². The van der Waals surface area contributed by atoms with E-state index in [-0.39, 0.29) is 6.54 Å². The summed E-state index contributed by atoms with van der Waals surface area (Å²) in [5.74, 6) is 1.63. The van der Waals surface area contributed by atoms with Gasteiger partial charge < -0.3 is 14.6 Å². The van der Waals surface area contributed by atoms with E-state index in [1.165, 1.54) is 0 Å². The molecule has 5 nitrogen and oxygen atoms in total. The third kappa shape index (κ3) is 1.33. The highest BCUT2D eigenvalue weighted by molar-refractivity contribution is 5.54. The number of nitrogens with two attached hydrogens (primary N) is 1. The van der Waals surface area contributed by atoms with Crippen LogP contribution in [0.5, 0.6) is 0 Å². The Labute approximate surface area is 74.6 Å². The van der Waals surface area contributed by atoms with E-state index in [2.05, 4.69) is 10.2 Å². The SMILES string of the molecule is Cc1occc1-c1nnc(CN)o1. The van der Waals surface area contributed by atoms with Gasteiger partial charge in [-0.05, 0) is 13.0 Å². The smallest absolute Gasteiger partial charge is 0.251 e. The van der Waals surface area contributed by atoms with Crippen LogP contribution < -0.4 is 5.73 Å². The Morgan fingerprint density at radius 3 is 2.85 bits per heavy atom. The first kappa shape index (κ1) is 8.00. The Hall–Kier alpha value is -1.62. The number of hydrogen-bond donors (Lipinski definition) is 1. The van der Waals surface area contributed by atoms with Gasteiger partial charge >= 0.3 is 0 Å². The molecule has 0 saturated carbocycles. The average molecular weight is 179 g/mol. The molecule has 0 aromatic carbocycles. The molecular formula is C8H9N3O2. The second-order valence-corrected chi connectivity index (χ2v) is 2.60. The van der Waals surface area contributed by atoms with Gasteiger partial charge in [0, 0.05) is 0 Å². The van der Waals surface area contributed by atoms with Crippen molar-refractivity contribution >= 4 is 0 Å². The molecule has 0 aliphatic carbocycles. The predicted octanol–water partition coefficient (Wildman–Crippen LogP) is 1.10. The molecule has 2 N–H and O–H groups in total. The summed E-state index contributed by atoms with van der Waals surface area (Å²) in [6.07, 6.45) is 1.58. The third-order valence-electron chi connectivity index (χ3n) is 1.73. The molecule has 2 rings (SSSR count). The van der Waals surface area contributed by atoms with Crippen molar-refractivity contribution in [2.24, 2.45) is 5.73 Å². The Morgan fingerprint density at radius 2 is 2.31 bits per heavy atom. The van der Waals surface area contributed by atoms with Crippen LogP contribution in [0.4, 0.5) is 0 Å². The zero-order valence-corrected chi connectivity index (χ0v) is 7.15. The van der Waals surface area contributed by atoms with Gasteiger partial charge in [-0.1, -0.05) is 0 Å². The fraction of sp³-hybridized carbons (Fsp3) is 0.250. The molecule has 0 radical (unpaired) electrons. The summed E-state index contributed by atoms with van der Waals surface area (Å²) >= 11 is 0. The number of aryl methyl sites for hydroxylation is 1. The fourth-order valence-corrected chi connectivity index (χ4v) is 1.05. The number of nitrogens with zero attached hydrogens (tertiary/aromatic N) is 2. The molecule has 0 amide bonds. The highest BCUT2D eigenvalue weighted by atomic mass is 16.4. The van der Waals surface area contributed by atoms with Crippen LogP contribution >= 0.6 is 0 Å². The van der Waals surface area contributed by atoms with Crippen LogP contribution in [-0.4, -0.2) is 10.2 Å². The first-order valence-electron chi connectivity index (χ1n) is 3.88. The van der Waals surface area contributed by atoms with E-state index in [1.54, 1.807) is 12.3 Å². The number of rotatable bonds is 2. The van der Waals surface area contributed by atoms with E-state index in [4.69, 9.17) is 14.6 Å². The molecule has 0 unspecified atom stereocenters. The summed E-state index contributed by atoms with van der Waals surface area (Å²) in [6.45, 7) is 2.09. The Morgan fingerprint density at radius 1 is 1.46 bits per heavy atom. The second-order valence-electron chi connectivity index (χ2n) is 2.60. The first-order valence-corrected chi connectivity index (χ1v) is 3.88. The lowest BCUT2D eigenvalue weighted by atomic mass is 10.3. The number of hydrogen-bond acceptors (Lipinski definition) is 5. The van der Waals surface area contributed by atoms with Crippen LogP contribution in [0.2, 0.25) is 0 Å². The van der Waals surface area contributed by atoms with Gasteiger partial charge in [-0.15, -0.1) is 10.2 Å². The van der Waals surface area contributed by atoms with Gasteiger partial charge in [0.15, 0.2) is 0 Å². The van der Waals surface area contributed by atoms with Gasteiger partial charge in [-0.25, -0.2) is 0 Å². The molecule has 0 fully saturated rings. The summed E-state index contributed by atoms with van der Waals surface area (Å²) in [6, 6.07) is 1.78. The number of furan rings is 1. The second kappa shape index (κ2) is 3.02. The van der Waals surface area contributed by atoms with Crippen LogP contribution in [0, 0.1) is 6.92 Å². The molecule has 0 aliphatic rings. The summed E-state index contributed by atoms with van der Waals surface area (Å²) in [5.41, 5.74) is 6.15. The van der Waals surface area contributed by atoms with E-state index in [0.717, 1.165) is 11.3 Å². The van der Waals surface area contributed by atoms with Crippen molar-refractivity contribution < 1.29 is 8.83 Å². The van der Waals surface area contributed by atoms with E-state index in [0.29, 0.717) is 11.8 Å². The van der Waals surface area contributed by atoms with Gasteiger partial charge in [0.2, 0.25) is 5.89 Å². The zero-order chi connectivity index (χ0) is 9.26. The molecule has 0 aliphatic heterocycles. The summed E-state index contributed by atoms with van der Waals surface area (Å²) in [4.78, 5) is 0. The molecule has 2 heterocycles. The quantitative estimate of drug-likeness (QED) is 0.746. The molecule has 0 atom stereocenters. The molecule has 68 valence electrons. The highest BCUT2D eigenvalue weighted by Crippen LogP contribution is 2.22. The average Bonchev–Trinajstić information content (AvgIpc) is 2.71. The largest absolute Gasteiger partial charge is 0.469 e. The Balaban J connectivity index is 2.41. The molecule has 0 bridgehead atoms. The minimum Gasteiger partial charge on any atom is -0.469 e. The third-order valence-corrected chi connectivity index (χ3v) is 1.73. The molecule has 0 spiro atoms. The Bertz CT molecular complexity index is 405. The lowest BCUT2D eigenvalue weighted by molar-refractivity contribution is 0.503. The normalized spacial score (nSPS) is 10.6. The molecule has 2 aromatic heterocycles. The maximum atomic E-state index is 5.33. The van der Waals surface area contributed by atoms with Crippen molar-refractivity contribution in [1.29, 1.82) is 0 Å². The van der Waals surface area contributed by atoms with Crippen molar-refractivity contribution in [3.63, 3.8) is 0 Å². The van der Waals surface area contributed by atoms with E-state index in [9.17, 15) is 0 Å². The van der Waals surface area contributed by atoms with Crippen LogP contribution in [0.15, 0.2) is 21.2 Å².